The molecule has 0 unspecified atom stereocenters. The molecule has 0 aliphatic carbocycles. The van der Waals surface area contributed by atoms with Crippen molar-refractivity contribution in [3.63, 3.8) is 0 Å². The smallest absolute Gasteiger partial charge is 0.328 e. The monoisotopic (exact) mass is 411 g/mol. The molecule has 28 heavy (non-hydrogen) atoms. The largest absolute Gasteiger partial charge is 0.459 e. The van der Waals surface area contributed by atoms with Crippen molar-refractivity contribution in [3.8, 4) is 0 Å². The molecule has 1 aliphatic heterocycles. The number of carbonyl (C=O) groups is 1. The lowest BCUT2D eigenvalue weighted by atomic mass is 9.86. The van der Waals surface area contributed by atoms with Gasteiger partial charge in [0.25, 0.3) is 10.2 Å². The van der Waals surface area contributed by atoms with Crippen LogP contribution in [0.1, 0.15) is 25.8 Å². The maximum atomic E-state index is 12.8. The third-order valence-electron chi connectivity index (χ3n) is 4.66. The number of benzene rings is 1. The van der Waals surface area contributed by atoms with Gasteiger partial charge in [0, 0.05) is 25.6 Å². The minimum Gasteiger partial charge on any atom is -0.459 e. The van der Waals surface area contributed by atoms with Crippen molar-refractivity contribution < 1.29 is 23.1 Å². The molecule has 1 aliphatic rings. The van der Waals surface area contributed by atoms with E-state index in [2.05, 4.69) is 11.3 Å². The number of esters is 1. The van der Waals surface area contributed by atoms with Crippen LogP contribution in [0.4, 0.5) is 0 Å². The summed E-state index contributed by atoms with van der Waals surface area (Å²) in [6.45, 7) is 6.41. The number of hydrogen-bond acceptors (Lipinski definition) is 6. The van der Waals surface area contributed by atoms with Gasteiger partial charge in [-0.15, -0.1) is 6.58 Å². The summed E-state index contributed by atoms with van der Waals surface area (Å²) in [4.78, 5) is 12.8. The maximum absolute atomic E-state index is 12.8. The molecule has 9 heteroatoms. The summed E-state index contributed by atoms with van der Waals surface area (Å²) in [7, 11) is -3.91. The van der Waals surface area contributed by atoms with Crippen LogP contribution in [-0.4, -0.2) is 54.6 Å². The third kappa shape index (κ3) is 5.62. The minimum atomic E-state index is -3.91. The summed E-state index contributed by atoms with van der Waals surface area (Å²) < 4.78 is 34.0. The van der Waals surface area contributed by atoms with Gasteiger partial charge in [0.15, 0.2) is 0 Å². The van der Waals surface area contributed by atoms with E-state index in [1.807, 2.05) is 30.3 Å². The molecule has 2 atom stereocenters. The second kappa shape index (κ2) is 8.71. The molecule has 0 radical (unpaired) electrons. The molecule has 0 aromatic heterocycles. The third-order valence-corrected chi connectivity index (χ3v) is 6.13. The number of hydrogen-bond donors (Lipinski definition) is 3. The van der Waals surface area contributed by atoms with Gasteiger partial charge in [-0.05, 0) is 25.8 Å². The molecule has 156 valence electrons. The van der Waals surface area contributed by atoms with Gasteiger partial charge in [-0.25, -0.2) is 4.79 Å². The van der Waals surface area contributed by atoms with E-state index >= 15 is 0 Å². The highest BCUT2D eigenvalue weighted by molar-refractivity contribution is 7.87. The quantitative estimate of drug-likeness (QED) is 0.403. The van der Waals surface area contributed by atoms with Crippen molar-refractivity contribution in [2.75, 3.05) is 19.6 Å². The van der Waals surface area contributed by atoms with Crippen LogP contribution >= 0.6 is 0 Å². The molecular weight excluding hydrogens is 382 g/mol. The number of nitrogens with one attached hydrogen (secondary N) is 1. The Hall–Kier alpha value is -1.78. The zero-order chi connectivity index (χ0) is 21.0. The zero-order valence-corrected chi connectivity index (χ0v) is 17.1. The lowest BCUT2D eigenvalue weighted by molar-refractivity contribution is -0.152. The standard InChI is InChI=1S/C19H29N3O5S/c1-4-8-16-11-22(28(25,26)21-13-18(2,3)24)14-19(16,20)17(23)27-12-15-9-6-5-7-10-15/h4-7,9-10,16,21,24H,1,8,11-14,20H2,2-3H3/t16-,19-/m0/s1. The number of aliphatic hydroxyl groups is 1. The molecule has 0 saturated carbocycles. The normalized spacial score (nSPS) is 23.5. The fourth-order valence-corrected chi connectivity index (χ4v) is 4.49. The molecule has 1 heterocycles. The van der Waals surface area contributed by atoms with E-state index in [0.717, 1.165) is 9.87 Å². The topological polar surface area (TPSA) is 122 Å². The number of carbonyl (C=O) groups excluding carboxylic acids is 1. The summed E-state index contributed by atoms with van der Waals surface area (Å²) >= 11 is 0. The Kier molecular flexibility index (Phi) is 7.00. The van der Waals surface area contributed by atoms with Crippen LogP contribution in [-0.2, 0) is 26.3 Å². The summed E-state index contributed by atoms with van der Waals surface area (Å²) in [5, 5.41) is 9.77. The van der Waals surface area contributed by atoms with Crippen molar-refractivity contribution in [1.29, 1.82) is 0 Å². The maximum Gasteiger partial charge on any atom is 0.328 e. The SMILES string of the molecule is C=CC[C@H]1CN(S(=O)(=O)NCC(C)(C)O)C[C@@]1(N)C(=O)OCc1ccccc1. The van der Waals surface area contributed by atoms with E-state index in [4.69, 9.17) is 10.5 Å². The summed E-state index contributed by atoms with van der Waals surface area (Å²) in [6.07, 6.45) is 1.98. The van der Waals surface area contributed by atoms with Crippen LogP contribution in [0.2, 0.25) is 0 Å². The Morgan fingerprint density at radius 2 is 2.11 bits per heavy atom. The molecule has 2 rings (SSSR count). The molecule has 0 bridgehead atoms. The van der Waals surface area contributed by atoms with E-state index in [-0.39, 0.29) is 26.2 Å². The van der Waals surface area contributed by atoms with Gasteiger partial charge in [0.05, 0.1) is 5.60 Å². The van der Waals surface area contributed by atoms with Gasteiger partial charge in [-0.1, -0.05) is 36.4 Å². The Morgan fingerprint density at radius 1 is 1.46 bits per heavy atom. The van der Waals surface area contributed by atoms with Crippen LogP contribution < -0.4 is 10.5 Å². The first kappa shape index (κ1) is 22.5. The predicted molar refractivity (Wildman–Crippen MR) is 106 cm³/mol. The number of rotatable bonds is 9. The highest BCUT2D eigenvalue weighted by Gasteiger charge is 2.53. The molecule has 4 N–H and O–H groups in total. The number of ether oxygens (including phenoxy) is 1. The van der Waals surface area contributed by atoms with Crippen LogP contribution in [0, 0.1) is 5.92 Å². The average Bonchev–Trinajstić information content (AvgIpc) is 2.98. The Bertz CT molecular complexity index is 792. The average molecular weight is 412 g/mol. The first-order valence-electron chi connectivity index (χ1n) is 9.06. The van der Waals surface area contributed by atoms with Crippen molar-refractivity contribution in [1.82, 2.24) is 9.03 Å². The lowest BCUT2D eigenvalue weighted by Gasteiger charge is -2.27. The summed E-state index contributed by atoms with van der Waals surface area (Å²) in [6, 6.07) is 9.17. The lowest BCUT2D eigenvalue weighted by Crippen LogP contribution is -2.56. The van der Waals surface area contributed by atoms with Crippen LogP contribution in [0.15, 0.2) is 43.0 Å². The van der Waals surface area contributed by atoms with E-state index in [0.29, 0.717) is 6.42 Å². The fraction of sp³-hybridized carbons (Fsp3) is 0.526. The van der Waals surface area contributed by atoms with Gasteiger partial charge in [0.1, 0.15) is 12.1 Å². The van der Waals surface area contributed by atoms with E-state index in [1.54, 1.807) is 6.08 Å². The van der Waals surface area contributed by atoms with E-state index < -0.39 is 33.2 Å². The number of allylic oxidation sites excluding steroid dienone is 1. The Balaban J connectivity index is 2.12. The molecule has 8 nitrogen and oxygen atoms in total. The summed E-state index contributed by atoms with van der Waals surface area (Å²) in [5.41, 5.74) is 4.49. The van der Waals surface area contributed by atoms with Crippen LogP contribution in [0.3, 0.4) is 0 Å². The molecule has 0 amide bonds. The molecule has 1 fully saturated rings. The van der Waals surface area contributed by atoms with Crippen molar-refractivity contribution in [2.24, 2.45) is 11.7 Å². The Morgan fingerprint density at radius 3 is 2.68 bits per heavy atom. The zero-order valence-electron chi connectivity index (χ0n) is 16.3. The fourth-order valence-electron chi connectivity index (χ4n) is 3.01. The molecule has 1 saturated heterocycles. The molecule has 1 aromatic rings. The van der Waals surface area contributed by atoms with E-state index in [1.165, 1.54) is 13.8 Å². The first-order valence-corrected chi connectivity index (χ1v) is 10.5. The van der Waals surface area contributed by atoms with Crippen molar-refractivity contribution in [3.05, 3.63) is 48.6 Å². The van der Waals surface area contributed by atoms with Gasteiger partial charge in [-0.3, -0.25) is 0 Å². The molecule has 0 spiro atoms. The van der Waals surface area contributed by atoms with Crippen molar-refractivity contribution >= 4 is 16.2 Å². The van der Waals surface area contributed by atoms with Gasteiger partial charge in [0.2, 0.25) is 0 Å². The predicted octanol–water partition coefficient (Wildman–Crippen LogP) is 0.541. The van der Waals surface area contributed by atoms with Gasteiger partial charge < -0.3 is 15.6 Å². The molecular formula is C19H29N3O5S. The Labute approximate surface area is 166 Å². The molecule has 1 aromatic carbocycles. The van der Waals surface area contributed by atoms with E-state index in [9.17, 15) is 18.3 Å². The highest BCUT2D eigenvalue weighted by atomic mass is 32.2. The number of nitrogens with two attached hydrogens (primary N) is 1. The van der Waals surface area contributed by atoms with Gasteiger partial charge >= 0.3 is 5.97 Å². The van der Waals surface area contributed by atoms with Crippen molar-refractivity contribution in [2.45, 2.75) is 38.0 Å². The second-order valence-electron chi connectivity index (χ2n) is 7.75. The minimum absolute atomic E-state index is 0.0587. The first-order chi connectivity index (χ1) is 13.0. The van der Waals surface area contributed by atoms with Gasteiger partial charge in [-0.2, -0.15) is 17.4 Å². The highest BCUT2D eigenvalue weighted by Crippen LogP contribution is 2.31. The second-order valence-corrected chi connectivity index (χ2v) is 9.51. The van der Waals surface area contributed by atoms with Crippen LogP contribution in [0.5, 0.6) is 0 Å². The summed E-state index contributed by atoms with van der Waals surface area (Å²) in [5.74, 6) is -1.12. The van der Waals surface area contributed by atoms with Crippen LogP contribution in [0.25, 0.3) is 0 Å². The number of nitrogens with zero attached hydrogens (tertiary/aromatic N) is 1.